The highest BCUT2D eigenvalue weighted by Crippen LogP contribution is 2.24. The molecule has 1 rings (SSSR count). The number of hydrazone groups is 1. The first kappa shape index (κ1) is 12.1. The topological polar surface area (TPSA) is 47.9 Å². The van der Waals surface area contributed by atoms with Gasteiger partial charge in [0.05, 0.1) is 15.6 Å². The van der Waals surface area contributed by atoms with Gasteiger partial charge in [-0.25, -0.2) is 0 Å². The molecule has 0 saturated heterocycles. The van der Waals surface area contributed by atoms with Crippen LogP contribution < -0.4 is 5.48 Å². The number of amidine groups is 1. The largest absolute Gasteiger partial charge is 0.301 e. The summed E-state index contributed by atoms with van der Waals surface area (Å²) < 4.78 is 0. The minimum Gasteiger partial charge on any atom is -0.301 e. The average Bonchev–Trinajstić information content (AvgIpc) is 2.15. The van der Waals surface area contributed by atoms with Gasteiger partial charge in [-0.15, -0.1) is 0 Å². The molecule has 2 N–H and O–H groups in total. The highest BCUT2D eigenvalue weighted by Gasteiger charge is 2.12. The Balaban J connectivity index is 3.24. The summed E-state index contributed by atoms with van der Waals surface area (Å²) in [6, 6.07) is 5.06. The lowest BCUT2D eigenvalue weighted by atomic mass is 10.2. The van der Waals surface area contributed by atoms with Crippen molar-refractivity contribution in [3.05, 3.63) is 33.8 Å². The fourth-order valence-electron chi connectivity index (χ4n) is 1.05. The zero-order chi connectivity index (χ0) is 11.4. The van der Waals surface area contributed by atoms with Gasteiger partial charge in [0.2, 0.25) is 0 Å². The second kappa shape index (κ2) is 5.21. The van der Waals surface area contributed by atoms with E-state index in [0.717, 1.165) is 0 Å². The van der Waals surface area contributed by atoms with Crippen LogP contribution in [-0.4, -0.2) is 30.1 Å². The van der Waals surface area contributed by atoms with Gasteiger partial charge in [0.15, 0.2) is 5.84 Å². The van der Waals surface area contributed by atoms with Crippen molar-refractivity contribution in [2.24, 2.45) is 5.10 Å². The van der Waals surface area contributed by atoms with Crippen molar-refractivity contribution in [3.8, 4) is 0 Å². The van der Waals surface area contributed by atoms with Crippen molar-refractivity contribution in [3.63, 3.8) is 0 Å². The zero-order valence-electron chi connectivity index (χ0n) is 8.33. The maximum absolute atomic E-state index is 8.95. The van der Waals surface area contributed by atoms with Crippen molar-refractivity contribution in [1.82, 2.24) is 10.5 Å². The SMILES string of the molecule is CN(C)N=C(NO)c1c(Cl)cccc1Cl. The minimum atomic E-state index is 0.204. The van der Waals surface area contributed by atoms with Gasteiger partial charge in [0.25, 0.3) is 0 Å². The van der Waals surface area contributed by atoms with E-state index in [0.29, 0.717) is 15.6 Å². The molecule has 0 saturated carbocycles. The molecule has 0 aromatic heterocycles. The van der Waals surface area contributed by atoms with Crippen LogP contribution in [0.5, 0.6) is 0 Å². The molecule has 0 radical (unpaired) electrons. The maximum Gasteiger partial charge on any atom is 0.179 e. The summed E-state index contributed by atoms with van der Waals surface area (Å²) in [6.45, 7) is 0. The van der Waals surface area contributed by atoms with Gasteiger partial charge in [-0.3, -0.25) is 10.7 Å². The van der Waals surface area contributed by atoms with E-state index in [-0.39, 0.29) is 5.84 Å². The standard InChI is InChI=1S/C9H11Cl2N3O/c1-14(2)12-9(13-15)8-6(10)4-3-5-7(8)11/h3-5,15H,1-2H3,(H,12,13). The van der Waals surface area contributed by atoms with Crippen molar-refractivity contribution in [2.45, 2.75) is 0 Å². The van der Waals surface area contributed by atoms with Crippen molar-refractivity contribution in [2.75, 3.05) is 14.1 Å². The van der Waals surface area contributed by atoms with E-state index in [2.05, 4.69) is 5.10 Å². The van der Waals surface area contributed by atoms with Crippen LogP contribution in [0.1, 0.15) is 5.56 Å². The summed E-state index contributed by atoms with van der Waals surface area (Å²) >= 11 is 11.9. The Labute approximate surface area is 98.1 Å². The molecule has 0 fully saturated rings. The first-order valence-electron chi connectivity index (χ1n) is 4.16. The number of benzene rings is 1. The summed E-state index contributed by atoms with van der Waals surface area (Å²) in [5.74, 6) is 0.204. The zero-order valence-corrected chi connectivity index (χ0v) is 9.84. The van der Waals surface area contributed by atoms with Crippen LogP contribution in [-0.2, 0) is 0 Å². The van der Waals surface area contributed by atoms with E-state index in [1.807, 2.05) is 5.48 Å². The number of rotatable bonds is 2. The predicted octanol–water partition coefficient (Wildman–Crippen LogP) is 2.20. The quantitative estimate of drug-likeness (QED) is 0.479. The summed E-state index contributed by atoms with van der Waals surface area (Å²) in [5.41, 5.74) is 2.44. The third-order valence-electron chi connectivity index (χ3n) is 1.61. The third kappa shape index (κ3) is 2.99. The monoisotopic (exact) mass is 247 g/mol. The molecule has 82 valence electrons. The molecule has 6 heteroatoms. The lowest BCUT2D eigenvalue weighted by Gasteiger charge is -2.12. The molecule has 0 atom stereocenters. The van der Waals surface area contributed by atoms with Gasteiger partial charge < -0.3 is 5.01 Å². The van der Waals surface area contributed by atoms with Crippen molar-refractivity contribution >= 4 is 29.0 Å². The second-order valence-electron chi connectivity index (χ2n) is 3.00. The van der Waals surface area contributed by atoms with Gasteiger partial charge in [0.1, 0.15) is 0 Å². The molecule has 15 heavy (non-hydrogen) atoms. The Hall–Kier alpha value is -0.970. The first-order valence-corrected chi connectivity index (χ1v) is 4.92. The van der Waals surface area contributed by atoms with Crippen molar-refractivity contribution < 1.29 is 5.21 Å². The summed E-state index contributed by atoms with van der Waals surface area (Å²) in [5, 5.41) is 15.3. The molecule has 1 aromatic rings. The highest BCUT2D eigenvalue weighted by atomic mass is 35.5. The molecular weight excluding hydrogens is 237 g/mol. The molecule has 0 aliphatic heterocycles. The van der Waals surface area contributed by atoms with Crippen LogP contribution in [0.3, 0.4) is 0 Å². The Bertz CT molecular complexity index is 359. The number of hydroxylamine groups is 1. The van der Waals surface area contributed by atoms with Gasteiger partial charge in [-0.05, 0) is 12.1 Å². The van der Waals surface area contributed by atoms with E-state index in [1.165, 1.54) is 5.01 Å². The summed E-state index contributed by atoms with van der Waals surface area (Å²) in [4.78, 5) is 0. The fraction of sp³-hybridized carbons (Fsp3) is 0.222. The van der Waals surface area contributed by atoms with Gasteiger partial charge in [0, 0.05) is 14.1 Å². The van der Waals surface area contributed by atoms with E-state index < -0.39 is 0 Å². The van der Waals surface area contributed by atoms with Gasteiger partial charge in [-0.1, -0.05) is 29.3 Å². The van der Waals surface area contributed by atoms with E-state index in [1.54, 1.807) is 32.3 Å². The van der Waals surface area contributed by atoms with E-state index in [9.17, 15) is 0 Å². The molecule has 0 spiro atoms. The normalized spacial score (nSPS) is 11.4. The van der Waals surface area contributed by atoms with E-state index >= 15 is 0 Å². The number of halogens is 2. The predicted molar refractivity (Wildman–Crippen MR) is 61.6 cm³/mol. The Kier molecular flexibility index (Phi) is 4.20. The molecule has 0 unspecified atom stereocenters. The lowest BCUT2D eigenvalue weighted by molar-refractivity contribution is 0.231. The number of hydrogen-bond donors (Lipinski definition) is 2. The Morgan fingerprint density at radius 1 is 1.33 bits per heavy atom. The smallest absolute Gasteiger partial charge is 0.179 e. The minimum absolute atomic E-state index is 0.204. The molecule has 1 aromatic carbocycles. The molecule has 0 aliphatic carbocycles. The number of nitrogens with zero attached hydrogens (tertiary/aromatic N) is 2. The Morgan fingerprint density at radius 3 is 2.27 bits per heavy atom. The van der Waals surface area contributed by atoms with Crippen LogP contribution in [0.15, 0.2) is 23.3 Å². The fourth-order valence-corrected chi connectivity index (χ4v) is 1.63. The van der Waals surface area contributed by atoms with Gasteiger partial charge >= 0.3 is 0 Å². The third-order valence-corrected chi connectivity index (χ3v) is 2.24. The lowest BCUT2D eigenvalue weighted by Crippen LogP contribution is -2.24. The molecular formula is C9H11Cl2N3O. The second-order valence-corrected chi connectivity index (χ2v) is 3.82. The highest BCUT2D eigenvalue weighted by molar-refractivity contribution is 6.39. The first-order chi connectivity index (χ1) is 7.06. The van der Waals surface area contributed by atoms with Crippen LogP contribution in [0.4, 0.5) is 0 Å². The molecule has 4 nitrogen and oxygen atoms in total. The molecule has 0 heterocycles. The Morgan fingerprint density at radius 2 is 1.87 bits per heavy atom. The van der Waals surface area contributed by atoms with Crippen LogP contribution in [0, 0.1) is 0 Å². The molecule has 0 amide bonds. The number of nitrogens with one attached hydrogen (secondary N) is 1. The van der Waals surface area contributed by atoms with Gasteiger partial charge in [-0.2, -0.15) is 5.10 Å². The molecule has 0 bridgehead atoms. The summed E-state index contributed by atoms with van der Waals surface area (Å²) in [6.07, 6.45) is 0. The van der Waals surface area contributed by atoms with Crippen LogP contribution >= 0.6 is 23.2 Å². The van der Waals surface area contributed by atoms with E-state index in [4.69, 9.17) is 28.4 Å². The molecule has 0 aliphatic rings. The maximum atomic E-state index is 8.95. The summed E-state index contributed by atoms with van der Waals surface area (Å²) in [7, 11) is 3.45. The number of hydrogen-bond acceptors (Lipinski definition) is 3. The average molecular weight is 248 g/mol. The van der Waals surface area contributed by atoms with Crippen molar-refractivity contribution in [1.29, 1.82) is 0 Å². The van der Waals surface area contributed by atoms with Crippen LogP contribution in [0.25, 0.3) is 0 Å². The van der Waals surface area contributed by atoms with Crippen LogP contribution in [0.2, 0.25) is 10.0 Å².